The predicted molar refractivity (Wildman–Crippen MR) is 96.6 cm³/mol. The Morgan fingerprint density at radius 2 is 1.60 bits per heavy atom. The maximum absolute atomic E-state index is 12.2. The molecule has 0 aliphatic carbocycles. The van der Waals surface area contributed by atoms with E-state index in [1.807, 2.05) is 49.5 Å². The molecule has 0 aromatic heterocycles. The molecule has 0 spiro atoms. The van der Waals surface area contributed by atoms with Crippen molar-refractivity contribution in [2.75, 3.05) is 40.2 Å². The summed E-state index contributed by atoms with van der Waals surface area (Å²) >= 11 is 0. The van der Waals surface area contributed by atoms with Crippen LogP contribution in [0.4, 0.5) is 5.69 Å². The zero-order valence-electron chi connectivity index (χ0n) is 15.1. The van der Waals surface area contributed by atoms with Crippen molar-refractivity contribution in [3.8, 4) is 17.2 Å². The first-order valence-electron chi connectivity index (χ1n) is 8.01. The minimum Gasteiger partial charge on any atom is -0.497 e. The van der Waals surface area contributed by atoms with Crippen LogP contribution in [0.5, 0.6) is 17.2 Å². The van der Waals surface area contributed by atoms with Crippen LogP contribution in [0, 0.1) is 0 Å². The zero-order valence-corrected chi connectivity index (χ0v) is 15.1. The molecule has 6 nitrogen and oxygen atoms in total. The third kappa shape index (κ3) is 5.39. The third-order valence-corrected chi connectivity index (χ3v) is 3.82. The van der Waals surface area contributed by atoms with Crippen LogP contribution in [0.15, 0.2) is 42.5 Å². The fourth-order valence-corrected chi connectivity index (χ4v) is 2.54. The monoisotopic (exact) mass is 345 g/mol. The molecule has 0 heterocycles. The Morgan fingerprint density at radius 3 is 2.20 bits per heavy atom. The molecule has 134 valence electrons. The van der Waals surface area contributed by atoms with E-state index >= 15 is 0 Å². The third-order valence-electron chi connectivity index (χ3n) is 3.82. The number of anilines is 1. The SMILES string of the molecule is COc1ccc(NC(=O)C[NH+](C)Cc2ccc(OC)cc2OC)cc1. The molecule has 1 amide bonds. The average molecular weight is 345 g/mol. The predicted octanol–water partition coefficient (Wildman–Crippen LogP) is 1.37. The Bertz CT molecular complexity index is 701. The molecule has 0 radical (unpaired) electrons. The summed E-state index contributed by atoms with van der Waals surface area (Å²) in [5.41, 5.74) is 1.78. The van der Waals surface area contributed by atoms with Crippen molar-refractivity contribution >= 4 is 11.6 Å². The molecule has 0 aliphatic heterocycles. The normalized spacial score (nSPS) is 11.5. The lowest BCUT2D eigenvalue weighted by Crippen LogP contribution is -3.08. The largest absolute Gasteiger partial charge is 0.497 e. The van der Waals surface area contributed by atoms with Crippen molar-refractivity contribution < 1.29 is 23.9 Å². The molecule has 6 heteroatoms. The number of amides is 1. The van der Waals surface area contributed by atoms with Crippen LogP contribution >= 0.6 is 0 Å². The highest BCUT2D eigenvalue weighted by atomic mass is 16.5. The van der Waals surface area contributed by atoms with Gasteiger partial charge in [-0.05, 0) is 36.4 Å². The average Bonchev–Trinajstić information content (AvgIpc) is 2.62. The summed E-state index contributed by atoms with van der Waals surface area (Å²) < 4.78 is 15.7. The summed E-state index contributed by atoms with van der Waals surface area (Å²) in [6.45, 7) is 1.02. The van der Waals surface area contributed by atoms with Crippen molar-refractivity contribution in [3.63, 3.8) is 0 Å². The molecule has 0 saturated heterocycles. The van der Waals surface area contributed by atoms with Gasteiger partial charge < -0.3 is 24.4 Å². The van der Waals surface area contributed by atoms with Crippen molar-refractivity contribution in [2.45, 2.75) is 6.54 Å². The summed E-state index contributed by atoms with van der Waals surface area (Å²) in [6.07, 6.45) is 0. The maximum atomic E-state index is 12.2. The van der Waals surface area contributed by atoms with E-state index in [0.29, 0.717) is 13.1 Å². The molecule has 0 bridgehead atoms. The van der Waals surface area contributed by atoms with Crippen LogP contribution in [0.1, 0.15) is 5.56 Å². The molecular weight excluding hydrogens is 320 g/mol. The smallest absolute Gasteiger partial charge is 0.279 e. The van der Waals surface area contributed by atoms with E-state index in [0.717, 1.165) is 33.4 Å². The molecule has 0 fully saturated rings. The summed E-state index contributed by atoms with van der Waals surface area (Å²) in [6, 6.07) is 13.0. The molecule has 2 aromatic carbocycles. The summed E-state index contributed by atoms with van der Waals surface area (Å²) in [5.74, 6) is 2.22. The number of hydrogen-bond donors (Lipinski definition) is 2. The second kappa shape index (κ2) is 8.94. The van der Waals surface area contributed by atoms with E-state index in [9.17, 15) is 4.79 Å². The van der Waals surface area contributed by atoms with Crippen LogP contribution < -0.4 is 24.4 Å². The number of methoxy groups -OCH3 is 3. The number of carbonyl (C=O) groups is 1. The number of benzene rings is 2. The van der Waals surface area contributed by atoms with Gasteiger partial charge in [-0.25, -0.2) is 0 Å². The Balaban J connectivity index is 1.92. The number of likely N-dealkylation sites (N-methyl/N-ethyl adjacent to an activating group) is 1. The number of hydrogen-bond acceptors (Lipinski definition) is 4. The molecule has 1 unspecified atom stereocenters. The molecule has 0 saturated carbocycles. The lowest BCUT2D eigenvalue weighted by molar-refractivity contribution is -0.885. The molecule has 25 heavy (non-hydrogen) atoms. The van der Waals surface area contributed by atoms with E-state index < -0.39 is 0 Å². The van der Waals surface area contributed by atoms with E-state index in [1.165, 1.54) is 0 Å². The lowest BCUT2D eigenvalue weighted by atomic mass is 10.2. The van der Waals surface area contributed by atoms with Gasteiger partial charge in [-0.1, -0.05) is 0 Å². The van der Waals surface area contributed by atoms with E-state index in [1.54, 1.807) is 21.3 Å². The lowest BCUT2D eigenvalue weighted by Gasteiger charge is -2.16. The highest BCUT2D eigenvalue weighted by molar-refractivity contribution is 5.91. The Hall–Kier alpha value is -2.73. The number of ether oxygens (including phenoxy) is 3. The van der Waals surface area contributed by atoms with Crippen molar-refractivity contribution in [1.29, 1.82) is 0 Å². The first kappa shape index (κ1) is 18.6. The molecule has 2 aromatic rings. The second-order valence-electron chi connectivity index (χ2n) is 5.77. The van der Waals surface area contributed by atoms with E-state index in [2.05, 4.69) is 5.32 Å². The van der Waals surface area contributed by atoms with Gasteiger partial charge in [0.2, 0.25) is 0 Å². The fraction of sp³-hybridized carbons (Fsp3) is 0.316. The molecule has 1 atom stereocenters. The maximum Gasteiger partial charge on any atom is 0.279 e. The quantitative estimate of drug-likeness (QED) is 0.759. The summed E-state index contributed by atoms with van der Waals surface area (Å²) in [5, 5.41) is 2.89. The van der Waals surface area contributed by atoms with Gasteiger partial charge in [-0.3, -0.25) is 4.79 Å². The number of quaternary nitrogens is 1. The molecule has 2 N–H and O–H groups in total. The molecule has 0 aliphatic rings. The highest BCUT2D eigenvalue weighted by Crippen LogP contribution is 2.23. The fourth-order valence-electron chi connectivity index (χ4n) is 2.54. The summed E-state index contributed by atoms with van der Waals surface area (Å²) in [7, 11) is 6.83. The van der Waals surface area contributed by atoms with E-state index in [-0.39, 0.29) is 5.91 Å². The van der Waals surface area contributed by atoms with Gasteiger partial charge in [0.05, 0.1) is 28.4 Å². The van der Waals surface area contributed by atoms with Crippen LogP contribution in [-0.4, -0.2) is 40.8 Å². The van der Waals surface area contributed by atoms with Gasteiger partial charge in [0.1, 0.15) is 23.8 Å². The van der Waals surface area contributed by atoms with Crippen LogP contribution in [-0.2, 0) is 11.3 Å². The van der Waals surface area contributed by atoms with Crippen molar-refractivity contribution in [2.24, 2.45) is 0 Å². The Morgan fingerprint density at radius 1 is 0.960 bits per heavy atom. The molecular formula is C19H25N2O4+. The van der Waals surface area contributed by atoms with Gasteiger partial charge in [-0.15, -0.1) is 0 Å². The second-order valence-corrected chi connectivity index (χ2v) is 5.77. The summed E-state index contributed by atoms with van der Waals surface area (Å²) in [4.78, 5) is 13.3. The van der Waals surface area contributed by atoms with Gasteiger partial charge in [0.25, 0.3) is 5.91 Å². The molecule has 2 rings (SSSR count). The minimum absolute atomic E-state index is 0.0462. The van der Waals surface area contributed by atoms with Gasteiger partial charge >= 0.3 is 0 Å². The Kier molecular flexibility index (Phi) is 6.65. The number of nitrogens with one attached hydrogen (secondary N) is 2. The highest BCUT2D eigenvalue weighted by Gasteiger charge is 2.14. The van der Waals surface area contributed by atoms with Gasteiger partial charge in [-0.2, -0.15) is 0 Å². The standard InChI is InChI=1S/C19H24N2O4/c1-21(12-14-5-8-17(24-3)11-18(14)25-4)13-19(22)20-15-6-9-16(23-2)10-7-15/h5-11H,12-13H2,1-4H3,(H,20,22)/p+1. The van der Waals surface area contributed by atoms with Crippen molar-refractivity contribution in [1.82, 2.24) is 0 Å². The van der Waals surface area contributed by atoms with E-state index in [4.69, 9.17) is 14.2 Å². The minimum atomic E-state index is -0.0462. The van der Waals surface area contributed by atoms with Crippen LogP contribution in [0.2, 0.25) is 0 Å². The Labute approximate surface area is 148 Å². The van der Waals surface area contributed by atoms with Crippen LogP contribution in [0.3, 0.4) is 0 Å². The topological polar surface area (TPSA) is 61.2 Å². The van der Waals surface area contributed by atoms with Crippen molar-refractivity contribution in [3.05, 3.63) is 48.0 Å². The van der Waals surface area contributed by atoms with Crippen LogP contribution in [0.25, 0.3) is 0 Å². The van der Waals surface area contributed by atoms with Gasteiger partial charge in [0, 0.05) is 17.3 Å². The van der Waals surface area contributed by atoms with Gasteiger partial charge in [0.15, 0.2) is 6.54 Å². The number of rotatable bonds is 8. The zero-order chi connectivity index (χ0) is 18.2. The first-order valence-corrected chi connectivity index (χ1v) is 8.01. The first-order chi connectivity index (χ1) is 12.0. The number of carbonyl (C=O) groups excluding carboxylic acids is 1.